The lowest BCUT2D eigenvalue weighted by atomic mass is 10.2. The van der Waals surface area contributed by atoms with Crippen molar-refractivity contribution in [3.63, 3.8) is 0 Å². The van der Waals surface area contributed by atoms with Gasteiger partial charge < -0.3 is 0 Å². The van der Waals surface area contributed by atoms with E-state index in [0.29, 0.717) is 5.75 Å². The summed E-state index contributed by atoms with van der Waals surface area (Å²) in [4.78, 5) is 10.2. The molecule has 0 saturated carbocycles. The Balaban J connectivity index is 2.04. The lowest BCUT2D eigenvalue weighted by molar-refractivity contribution is -0.384. The molecule has 0 aliphatic heterocycles. The van der Waals surface area contributed by atoms with E-state index >= 15 is 0 Å². The van der Waals surface area contributed by atoms with Gasteiger partial charge in [0.1, 0.15) is 0 Å². The molecule has 0 radical (unpaired) electrons. The normalized spacial score (nSPS) is 10.4. The summed E-state index contributed by atoms with van der Waals surface area (Å²) in [7, 11) is 0. The molecule has 1 heterocycles. The minimum atomic E-state index is -0.393. The SMILES string of the molecule is O=[N+]([O-])c1cccc(CSc2nnc(Br)s2)c1. The first-order valence-corrected chi connectivity index (χ1v) is 7.10. The fourth-order valence-electron chi connectivity index (χ4n) is 1.16. The number of rotatable bonds is 4. The van der Waals surface area contributed by atoms with E-state index in [4.69, 9.17) is 0 Å². The van der Waals surface area contributed by atoms with Crippen LogP contribution >= 0.6 is 39.0 Å². The van der Waals surface area contributed by atoms with Gasteiger partial charge in [0.25, 0.3) is 5.69 Å². The Morgan fingerprint density at radius 3 is 2.94 bits per heavy atom. The summed E-state index contributed by atoms with van der Waals surface area (Å²) in [6.07, 6.45) is 0. The van der Waals surface area contributed by atoms with Crippen LogP contribution in [0.25, 0.3) is 0 Å². The van der Waals surface area contributed by atoms with Gasteiger partial charge >= 0.3 is 0 Å². The van der Waals surface area contributed by atoms with Crippen molar-refractivity contribution < 1.29 is 4.92 Å². The maximum absolute atomic E-state index is 10.6. The van der Waals surface area contributed by atoms with E-state index in [0.717, 1.165) is 13.8 Å². The maximum Gasteiger partial charge on any atom is 0.269 e. The standard InChI is InChI=1S/C9H6BrN3O2S2/c10-8-11-12-9(17-8)16-5-6-2-1-3-7(4-6)13(14)15/h1-4H,5H2. The molecule has 0 amide bonds. The Hall–Kier alpha value is -0.990. The molecule has 88 valence electrons. The maximum atomic E-state index is 10.6. The molecule has 1 aromatic heterocycles. The average Bonchev–Trinajstić information content (AvgIpc) is 2.73. The van der Waals surface area contributed by atoms with Crippen LogP contribution in [0.1, 0.15) is 5.56 Å². The molecule has 0 spiro atoms. The number of nitrogens with zero attached hydrogens (tertiary/aromatic N) is 3. The molecule has 2 aromatic rings. The van der Waals surface area contributed by atoms with Gasteiger partial charge in [-0.2, -0.15) is 0 Å². The van der Waals surface area contributed by atoms with Crippen LogP contribution in [0.4, 0.5) is 5.69 Å². The summed E-state index contributed by atoms with van der Waals surface area (Å²) in [5, 5.41) is 18.4. The third-order valence-electron chi connectivity index (χ3n) is 1.87. The molecule has 1 aromatic carbocycles. The second-order valence-electron chi connectivity index (χ2n) is 3.04. The van der Waals surface area contributed by atoms with E-state index < -0.39 is 4.92 Å². The topological polar surface area (TPSA) is 68.9 Å². The molecule has 0 fully saturated rings. The van der Waals surface area contributed by atoms with Crippen LogP contribution in [0, 0.1) is 10.1 Å². The Morgan fingerprint density at radius 2 is 2.29 bits per heavy atom. The zero-order valence-corrected chi connectivity index (χ0v) is 11.6. The van der Waals surface area contributed by atoms with E-state index in [9.17, 15) is 10.1 Å². The molecular formula is C9H6BrN3O2S2. The summed E-state index contributed by atoms with van der Waals surface area (Å²) in [6, 6.07) is 6.60. The molecule has 5 nitrogen and oxygen atoms in total. The Bertz CT molecular complexity index is 547. The molecule has 0 aliphatic carbocycles. The smallest absolute Gasteiger partial charge is 0.258 e. The zero-order chi connectivity index (χ0) is 12.3. The minimum Gasteiger partial charge on any atom is -0.258 e. The van der Waals surface area contributed by atoms with E-state index in [1.807, 2.05) is 6.07 Å². The van der Waals surface area contributed by atoms with Crippen molar-refractivity contribution >= 4 is 44.7 Å². The van der Waals surface area contributed by atoms with Gasteiger partial charge in [0.2, 0.25) is 0 Å². The van der Waals surface area contributed by atoms with Gasteiger partial charge in [-0.15, -0.1) is 10.2 Å². The van der Waals surface area contributed by atoms with Gasteiger partial charge in [0, 0.05) is 17.9 Å². The van der Waals surface area contributed by atoms with Crippen molar-refractivity contribution in [2.24, 2.45) is 0 Å². The van der Waals surface area contributed by atoms with Gasteiger partial charge in [-0.05, 0) is 21.5 Å². The number of hydrogen-bond acceptors (Lipinski definition) is 6. The first-order valence-electron chi connectivity index (χ1n) is 4.50. The predicted octanol–water partition coefficient (Wildman–Crippen LogP) is 3.50. The van der Waals surface area contributed by atoms with Crippen molar-refractivity contribution in [3.05, 3.63) is 43.9 Å². The number of benzene rings is 1. The highest BCUT2D eigenvalue weighted by molar-refractivity contribution is 9.11. The quantitative estimate of drug-likeness (QED) is 0.487. The number of aromatic nitrogens is 2. The van der Waals surface area contributed by atoms with Gasteiger partial charge in [-0.1, -0.05) is 35.2 Å². The van der Waals surface area contributed by atoms with Crippen LogP contribution in [0.5, 0.6) is 0 Å². The largest absolute Gasteiger partial charge is 0.269 e. The van der Waals surface area contributed by atoms with Crippen LogP contribution in [0.2, 0.25) is 0 Å². The summed E-state index contributed by atoms with van der Waals surface area (Å²) >= 11 is 6.18. The summed E-state index contributed by atoms with van der Waals surface area (Å²) < 4.78 is 1.57. The third kappa shape index (κ3) is 3.48. The fourth-order valence-corrected chi connectivity index (χ4v) is 3.54. The Labute approximate surface area is 114 Å². The number of nitro benzene ring substituents is 1. The van der Waals surface area contributed by atoms with Gasteiger partial charge in [0.15, 0.2) is 8.26 Å². The van der Waals surface area contributed by atoms with Crippen LogP contribution in [-0.4, -0.2) is 15.1 Å². The van der Waals surface area contributed by atoms with E-state index in [1.165, 1.54) is 29.2 Å². The highest BCUT2D eigenvalue weighted by Crippen LogP contribution is 2.28. The van der Waals surface area contributed by atoms with Crippen molar-refractivity contribution in [2.75, 3.05) is 0 Å². The average molecular weight is 332 g/mol. The molecule has 0 unspecified atom stereocenters. The second kappa shape index (κ2) is 5.56. The lowest BCUT2D eigenvalue weighted by Crippen LogP contribution is -1.89. The molecule has 0 saturated heterocycles. The van der Waals surface area contributed by atoms with Crippen LogP contribution in [0.15, 0.2) is 32.5 Å². The fraction of sp³-hybridized carbons (Fsp3) is 0.111. The van der Waals surface area contributed by atoms with Gasteiger partial charge in [-0.3, -0.25) is 10.1 Å². The summed E-state index contributed by atoms with van der Waals surface area (Å²) in [6.45, 7) is 0. The first-order chi connectivity index (χ1) is 8.15. The molecule has 0 aliphatic rings. The molecular weight excluding hydrogens is 326 g/mol. The van der Waals surface area contributed by atoms with Crippen LogP contribution in [-0.2, 0) is 5.75 Å². The molecule has 8 heteroatoms. The molecule has 0 atom stereocenters. The van der Waals surface area contributed by atoms with Crippen molar-refractivity contribution in [3.8, 4) is 0 Å². The zero-order valence-electron chi connectivity index (χ0n) is 8.37. The van der Waals surface area contributed by atoms with Gasteiger partial charge in [0.05, 0.1) is 4.92 Å². The summed E-state index contributed by atoms with van der Waals surface area (Å²) in [5.41, 5.74) is 1.01. The number of halogens is 1. The molecule has 17 heavy (non-hydrogen) atoms. The van der Waals surface area contributed by atoms with Crippen LogP contribution in [0.3, 0.4) is 0 Å². The van der Waals surface area contributed by atoms with Crippen LogP contribution < -0.4 is 0 Å². The van der Waals surface area contributed by atoms with Crippen molar-refractivity contribution in [2.45, 2.75) is 10.1 Å². The van der Waals surface area contributed by atoms with Crippen molar-refractivity contribution in [1.29, 1.82) is 0 Å². The lowest BCUT2D eigenvalue weighted by Gasteiger charge is -1.98. The van der Waals surface area contributed by atoms with E-state index in [1.54, 1.807) is 12.1 Å². The highest BCUT2D eigenvalue weighted by atomic mass is 79.9. The van der Waals surface area contributed by atoms with E-state index in [-0.39, 0.29) is 5.69 Å². The Kier molecular flexibility index (Phi) is 4.08. The predicted molar refractivity (Wildman–Crippen MR) is 70.3 cm³/mol. The number of thioether (sulfide) groups is 1. The molecule has 0 N–H and O–H groups in total. The number of non-ortho nitro benzene ring substituents is 1. The second-order valence-corrected chi connectivity index (χ2v) is 6.51. The van der Waals surface area contributed by atoms with Gasteiger partial charge in [-0.25, -0.2) is 0 Å². The number of hydrogen-bond donors (Lipinski definition) is 0. The third-order valence-corrected chi connectivity index (χ3v) is 4.43. The molecule has 2 rings (SSSR count). The summed E-state index contributed by atoms with van der Waals surface area (Å²) in [5.74, 6) is 0.642. The minimum absolute atomic E-state index is 0.113. The monoisotopic (exact) mass is 331 g/mol. The van der Waals surface area contributed by atoms with Crippen molar-refractivity contribution in [1.82, 2.24) is 10.2 Å². The first kappa shape index (κ1) is 12.5. The number of nitro groups is 1. The Morgan fingerprint density at radius 1 is 1.47 bits per heavy atom. The van der Waals surface area contributed by atoms with E-state index in [2.05, 4.69) is 26.1 Å². The molecule has 0 bridgehead atoms. The highest BCUT2D eigenvalue weighted by Gasteiger charge is 2.07.